The smallest absolute Gasteiger partial charge is 0.250 e. The number of nitrogens with one attached hydrogen (secondary N) is 1. The van der Waals surface area contributed by atoms with Gasteiger partial charge in [-0.2, -0.15) is 9.67 Å². The van der Waals surface area contributed by atoms with Gasteiger partial charge in [-0.15, -0.1) is 0 Å². The number of fused-ring (bicyclic) bond motifs is 1. The van der Waals surface area contributed by atoms with Crippen molar-refractivity contribution in [3.05, 3.63) is 24.0 Å². The van der Waals surface area contributed by atoms with Gasteiger partial charge in [0.1, 0.15) is 18.8 Å². The van der Waals surface area contributed by atoms with Gasteiger partial charge >= 0.3 is 0 Å². The van der Waals surface area contributed by atoms with E-state index >= 15 is 0 Å². The van der Waals surface area contributed by atoms with Crippen LogP contribution in [-0.4, -0.2) is 10.2 Å². The van der Waals surface area contributed by atoms with Gasteiger partial charge in [-0.1, -0.05) is 13.8 Å². The molecule has 0 aliphatic rings. The minimum absolute atomic E-state index is 0.555. The number of hydrogen-bond acceptors (Lipinski definition) is 1. The van der Waals surface area contributed by atoms with Crippen molar-refractivity contribution in [2.45, 2.75) is 19.8 Å². The van der Waals surface area contributed by atoms with Gasteiger partial charge in [0.15, 0.2) is 6.20 Å². The van der Waals surface area contributed by atoms with E-state index in [9.17, 15) is 0 Å². The number of aromatic nitrogens is 3. The Morgan fingerprint density at radius 3 is 2.92 bits per heavy atom. The first kappa shape index (κ1) is 8.23. The molecule has 2 rings (SSSR count). The van der Waals surface area contributed by atoms with Gasteiger partial charge in [-0.3, -0.25) is 5.10 Å². The van der Waals surface area contributed by atoms with E-state index in [1.165, 1.54) is 5.56 Å². The fourth-order valence-electron chi connectivity index (χ4n) is 1.49. The third kappa shape index (κ3) is 1.30. The maximum atomic E-state index is 4.02. The number of nitrogens with zero attached hydrogens (tertiary/aromatic N) is 2. The summed E-state index contributed by atoms with van der Waals surface area (Å²) < 4.78 is 2.11. The summed E-state index contributed by atoms with van der Waals surface area (Å²) in [6.45, 7) is 4.38. The molecule has 0 unspecified atom stereocenters. The zero-order chi connectivity index (χ0) is 9.42. The third-order valence-corrected chi connectivity index (χ3v) is 2.35. The molecule has 2 heterocycles. The highest BCUT2D eigenvalue weighted by Crippen LogP contribution is 2.15. The van der Waals surface area contributed by atoms with Crippen molar-refractivity contribution in [2.24, 2.45) is 7.05 Å². The Labute approximate surface area is 77.4 Å². The first-order valence-corrected chi connectivity index (χ1v) is 4.51. The van der Waals surface area contributed by atoms with Crippen LogP contribution in [0.2, 0.25) is 0 Å². The first-order chi connectivity index (χ1) is 6.18. The van der Waals surface area contributed by atoms with E-state index in [0.717, 1.165) is 11.0 Å². The van der Waals surface area contributed by atoms with Crippen molar-refractivity contribution >= 4 is 11.0 Å². The topological polar surface area (TPSA) is 32.6 Å². The quantitative estimate of drug-likeness (QED) is 0.656. The third-order valence-electron chi connectivity index (χ3n) is 2.35. The van der Waals surface area contributed by atoms with Gasteiger partial charge in [0, 0.05) is 5.56 Å². The Balaban J connectivity index is 2.70. The lowest BCUT2D eigenvalue weighted by atomic mass is 10.1. The van der Waals surface area contributed by atoms with Crippen molar-refractivity contribution in [3.63, 3.8) is 0 Å². The summed E-state index contributed by atoms with van der Waals surface area (Å²) in [4.78, 5) is 0. The largest absolute Gasteiger partial charge is 0.272 e. The first-order valence-electron chi connectivity index (χ1n) is 4.51. The fourth-order valence-corrected chi connectivity index (χ4v) is 1.49. The van der Waals surface area contributed by atoms with E-state index in [0.29, 0.717) is 5.92 Å². The number of hydrogen-bond donors (Lipinski definition) is 1. The van der Waals surface area contributed by atoms with Crippen LogP contribution in [0.25, 0.3) is 11.0 Å². The van der Waals surface area contributed by atoms with Crippen molar-refractivity contribution in [2.75, 3.05) is 0 Å². The molecule has 0 aliphatic carbocycles. The van der Waals surface area contributed by atoms with Gasteiger partial charge in [0.05, 0.1) is 0 Å². The van der Waals surface area contributed by atoms with Crippen LogP contribution in [0.5, 0.6) is 0 Å². The van der Waals surface area contributed by atoms with E-state index in [2.05, 4.69) is 40.9 Å². The molecular weight excluding hydrogens is 162 g/mol. The van der Waals surface area contributed by atoms with Crippen LogP contribution >= 0.6 is 0 Å². The lowest BCUT2D eigenvalue weighted by molar-refractivity contribution is -0.645. The van der Waals surface area contributed by atoms with Gasteiger partial charge in [0.2, 0.25) is 5.52 Å². The van der Waals surface area contributed by atoms with E-state index in [1.807, 2.05) is 13.2 Å². The minimum Gasteiger partial charge on any atom is -0.272 e. The molecular formula is C10H14N3+. The zero-order valence-electron chi connectivity index (χ0n) is 8.20. The standard InChI is InChI=1S/C10H13N3/c1-7(2)8-4-9-10(5-11-12-9)13(3)6-8/h4-7H,1-3H3/p+1. The molecule has 1 N–H and O–H groups in total. The lowest BCUT2D eigenvalue weighted by Crippen LogP contribution is -2.28. The van der Waals surface area contributed by atoms with E-state index in [4.69, 9.17) is 0 Å². The average Bonchev–Trinajstić information content (AvgIpc) is 2.51. The van der Waals surface area contributed by atoms with Crippen molar-refractivity contribution in [1.82, 2.24) is 10.2 Å². The summed E-state index contributed by atoms with van der Waals surface area (Å²) in [5.41, 5.74) is 3.58. The Morgan fingerprint density at radius 1 is 1.46 bits per heavy atom. The van der Waals surface area contributed by atoms with E-state index in [1.54, 1.807) is 0 Å². The summed E-state index contributed by atoms with van der Waals surface area (Å²) in [5, 5.41) is 7.00. The molecule has 2 aromatic rings. The highest BCUT2D eigenvalue weighted by molar-refractivity contribution is 5.70. The van der Waals surface area contributed by atoms with Gasteiger partial charge < -0.3 is 0 Å². The number of aryl methyl sites for hydroxylation is 1. The summed E-state index contributed by atoms with van der Waals surface area (Å²) in [6, 6.07) is 2.16. The zero-order valence-corrected chi connectivity index (χ0v) is 8.20. The van der Waals surface area contributed by atoms with Crippen LogP contribution in [0.4, 0.5) is 0 Å². The maximum Gasteiger partial charge on any atom is 0.250 e. The highest BCUT2D eigenvalue weighted by Gasteiger charge is 2.10. The van der Waals surface area contributed by atoms with Crippen LogP contribution in [0.3, 0.4) is 0 Å². The second-order valence-electron chi connectivity index (χ2n) is 3.71. The Morgan fingerprint density at radius 2 is 2.23 bits per heavy atom. The Hall–Kier alpha value is -1.38. The van der Waals surface area contributed by atoms with Gasteiger partial charge in [-0.05, 0) is 12.0 Å². The molecule has 0 spiro atoms. The number of rotatable bonds is 1. The molecule has 3 heteroatoms. The molecule has 0 bridgehead atoms. The second-order valence-corrected chi connectivity index (χ2v) is 3.71. The summed E-state index contributed by atoms with van der Waals surface area (Å²) in [6.07, 6.45) is 4.00. The monoisotopic (exact) mass is 176 g/mol. The molecule has 2 aromatic heterocycles. The maximum absolute atomic E-state index is 4.02. The molecule has 0 aromatic carbocycles. The average molecular weight is 176 g/mol. The number of pyridine rings is 1. The number of H-pyrrole nitrogens is 1. The van der Waals surface area contributed by atoms with Crippen LogP contribution in [0, 0.1) is 0 Å². The molecule has 0 saturated heterocycles. The second kappa shape index (κ2) is 2.83. The van der Waals surface area contributed by atoms with Crippen LogP contribution in [-0.2, 0) is 7.05 Å². The molecule has 0 atom stereocenters. The van der Waals surface area contributed by atoms with Gasteiger partial charge in [0.25, 0.3) is 0 Å². The van der Waals surface area contributed by atoms with Crippen molar-refractivity contribution in [3.8, 4) is 0 Å². The van der Waals surface area contributed by atoms with Gasteiger partial charge in [-0.25, -0.2) is 0 Å². The molecule has 13 heavy (non-hydrogen) atoms. The fraction of sp³-hybridized carbons (Fsp3) is 0.400. The minimum atomic E-state index is 0.555. The van der Waals surface area contributed by atoms with E-state index < -0.39 is 0 Å². The molecule has 0 radical (unpaired) electrons. The normalized spacial score (nSPS) is 11.4. The summed E-state index contributed by atoms with van der Waals surface area (Å²) >= 11 is 0. The predicted molar refractivity (Wildman–Crippen MR) is 51.4 cm³/mol. The molecule has 68 valence electrons. The SMILES string of the molecule is CC(C)c1cc2[nH]ncc2[n+](C)c1. The molecule has 0 fully saturated rings. The summed E-state index contributed by atoms with van der Waals surface area (Å²) in [7, 11) is 2.05. The lowest BCUT2D eigenvalue weighted by Gasteiger charge is -2.02. The van der Waals surface area contributed by atoms with Crippen LogP contribution < -0.4 is 4.57 Å². The number of aromatic amines is 1. The predicted octanol–water partition coefficient (Wildman–Crippen LogP) is 1.51. The Bertz CT molecular complexity index is 429. The molecule has 0 amide bonds. The van der Waals surface area contributed by atoms with Crippen LogP contribution in [0.1, 0.15) is 25.3 Å². The molecule has 0 saturated carbocycles. The van der Waals surface area contributed by atoms with Crippen molar-refractivity contribution in [1.29, 1.82) is 0 Å². The van der Waals surface area contributed by atoms with E-state index in [-0.39, 0.29) is 0 Å². The van der Waals surface area contributed by atoms with Crippen molar-refractivity contribution < 1.29 is 4.57 Å². The Kier molecular flexibility index (Phi) is 1.79. The molecule has 3 nitrogen and oxygen atoms in total. The summed E-state index contributed by atoms with van der Waals surface area (Å²) in [5.74, 6) is 0.555. The van der Waals surface area contributed by atoms with Crippen LogP contribution in [0.15, 0.2) is 18.5 Å². The highest BCUT2D eigenvalue weighted by atomic mass is 15.1. The molecule has 0 aliphatic heterocycles.